The monoisotopic (exact) mass is 364 g/mol. The maximum atomic E-state index is 13.0. The van der Waals surface area contributed by atoms with Crippen LogP contribution in [0.15, 0.2) is 36.4 Å². The Bertz CT molecular complexity index is 764. The molecule has 0 atom stereocenters. The van der Waals surface area contributed by atoms with Crippen molar-refractivity contribution in [3.8, 4) is 0 Å². The van der Waals surface area contributed by atoms with Crippen LogP contribution < -0.4 is 10.6 Å². The third kappa shape index (κ3) is 4.58. The van der Waals surface area contributed by atoms with Crippen molar-refractivity contribution in [1.29, 1.82) is 0 Å². The van der Waals surface area contributed by atoms with Crippen LogP contribution in [-0.2, 0) is 12.7 Å². The quantitative estimate of drug-likeness (QED) is 0.743. The van der Waals surface area contributed by atoms with Gasteiger partial charge >= 0.3 is 12.2 Å². The Balaban J connectivity index is 2.03. The van der Waals surface area contributed by atoms with Crippen LogP contribution >= 0.6 is 11.6 Å². The van der Waals surface area contributed by atoms with Crippen LogP contribution in [0.25, 0.3) is 0 Å². The first-order valence-corrected chi connectivity index (χ1v) is 6.90. The molecule has 0 aliphatic rings. The van der Waals surface area contributed by atoms with Crippen LogP contribution in [-0.4, -0.2) is 6.03 Å². The molecule has 0 spiro atoms. The van der Waals surface area contributed by atoms with Crippen LogP contribution in [0, 0.1) is 11.6 Å². The summed E-state index contributed by atoms with van der Waals surface area (Å²) in [6.07, 6.45) is -4.58. The van der Waals surface area contributed by atoms with Crippen LogP contribution in [0.3, 0.4) is 0 Å². The molecule has 24 heavy (non-hydrogen) atoms. The highest BCUT2D eigenvalue weighted by atomic mass is 35.5. The topological polar surface area (TPSA) is 41.1 Å². The molecule has 0 heterocycles. The van der Waals surface area contributed by atoms with Gasteiger partial charge in [-0.15, -0.1) is 0 Å². The number of carbonyl (C=O) groups excluding carboxylic acids is 1. The zero-order valence-corrected chi connectivity index (χ0v) is 12.6. The van der Waals surface area contributed by atoms with Gasteiger partial charge in [0.25, 0.3) is 0 Å². The van der Waals surface area contributed by atoms with E-state index in [0.717, 1.165) is 24.3 Å². The Morgan fingerprint density at radius 2 is 1.75 bits per heavy atom. The zero-order chi connectivity index (χ0) is 17.9. The van der Waals surface area contributed by atoms with E-state index in [2.05, 4.69) is 10.6 Å². The van der Waals surface area contributed by atoms with E-state index in [0.29, 0.717) is 6.07 Å². The lowest BCUT2D eigenvalue weighted by Crippen LogP contribution is -2.28. The number of hydrogen-bond acceptors (Lipinski definition) is 1. The maximum absolute atomic E-state index is 13.0. The molecule has 128 valence electrons. The van der Waals surface area contributed by atoms with Crippen molar-refractivity contribution in [2.24, 2.45) is 0 Å². The number of halogens is 6. The number of urea groups is 1. The molecule has 2 aromatic rings. The molecule has 0 aliphatic carbocycles. The number of rotatable bonds is 3. The molecule has 0 unspecified atom stereocenters. The average Bonchev–Trinajstić information content (AvgIpc) is 2.49. The van der Waals surface area contributed by atoms with Gasteiger partial charge in [0.1, 0.15) is 0 Å². The molecule has 2 aromatic carbocycles. The van der Waals surface area contributed by atoms with Gasteiger partial charge in [-0.1, -0.05) is 17.7 Å². The molecule has 2 rings (SSSR count). The summed E-state index contributed by atoms with van der Waals surface area (Å²) in [4.78, 5) is 11.7. The van der Waals surface area contributed by atoms with Gasteiger partial charge in [-0.25, -0.2) is 13.6 Å². The van der Waals surface area contributed by atoms with Crippen molar-refractivity contribution in [3.63, 3.8) is 0 Å². The fourth-order valence-electron chi connectivity index (χ4n) is 1.80. The predicted octanol–water partition coefficient (Wildman–Crippen LogP) is 4.96. The van der Waals surface area contributed by atoms with Gasteiger partial charge in [-0.05, 0) is 35.9 Å². The van der Waals surface area contributed by atoms with Crippen molar-refractivity contribution in [1.82, 2.24) is 5.32 Å². The number of hydrogen-bond donors (Lipinski definition) is 2. The van der Waals surface area contributed by atoms with Crippen LogP contribution in [0.4, 0.5) is 32.4 Å². The third-order valence-corrected chi connectivity index (χ3v) is 3.31. The number of nitrogens with one attached hydrogen (secondary N) is 2. The second-order valence-electron chi connectivity index (χ2n) is 4.75. The van der Waals surface area contributed by atoms with E-state index in [1.165, 1.54) is 6.07 Å². The second kappa shape index (κ2) is 7.04. The molecule has 2 amide bonds. The Hall–Kier alpha value is -2.35. The Morgan fingerprint density at radius 1 is 1.04 bits per heavy atom. The summed E-state index contributed by atoms with van der Waals surface area (Å²) >= 11 is 5.74. The molecule has 3 nitrogen and oxygen atoms in total. The van der Waals surface area contributed by atoms with Crippen LogP contribution in [0.5, 0.6) is 0 Å². The molecule has 0 saturated heterocycles. The first kappa shape index (κ1) is 18.0. The average molecular weight is 365 g/mol. The number of benzene rings is 2. The summed E-state index contributed by atoms with van der Waals surface area (Å²) in [5.41, 5.74) is -0.920. The third-order valence-electron chi connectivity index (χ3n) is 2.98. The first-order chi connectivity index (χ1) is 11.2. The lowest BCUT2D eigenvalue weighted by molar-refractivity contribution is -0.137. The summed E-state index contributed by atoms with van der Waals surface area (Å²) in [5, 5.41) is 4.39. The molecule has 0 bridgehead atoms. The maximum Gasteiger partial charge on any atom is 0.416 e. The Morgan fingerprint density at radius 3 is 2.38 bits per heavy atom. The van der Waals surface area contributed by atoms with Gasteiger partial charge in [-0.3, -0.25) is 0 Å². The molecule has 0 saturated carbocycles. The van der Waals surface area contributed by atoms with Crippen LogP contribution in [0.2, 0.25) is 5.02 Å². The van der Waals surface area contributed by atoms with E-state index in [-0.39, 0.29) is 22.8 Å². The number of amides is 2. The lowest BCUT2D eigenvalue weighted by Gasteiger charge is -2.12. The minimum absolute atomic E-state index is 0.0778. The number of anilines is 1. The molecular formula is C15H10ClF5N2O. The summed E-state index contributed by atoms with van der Waals surface area (Å²) in [6.45, 7) is -0.153. The molecule has 0 aromatic heterocycles. The van der Waals surface area contributed by atoms with E-state index < -0.39 is 29.4 Å². The van der Waals surface area contributed by atoms with Gasteiger partial charge < -0.3 is 10.6 Å². The smallest absolute Gasteiger partial charge is 0.334 e. The molecule has 2 N–H and O–H groups in total. The minimum atomic E-state index is -4.58. The minimum Gasteiger partial charge on any atom is -0.334 e. The van der Waals surface area contributed by atoms with Crippen molar-refractivity contribution in [2.45, 2.75) is 12.7 Å². The Labute approximate surface area is 138 Å². The van der Waals surface area contributed by atoms with E-state index in [9.17, 15) is 26.7 Å². The van der Waals surface area contributed by atoms with Crippen molar-refractivity contribution < 1.29 is 26.7 Å². The molecule has 0 aliphatic heterocycles. The summed E-state index contributed by atoms with van der Waals surface area (Å²) in [7, 11) is 0. The van der Waals surface area contributed by atoms with Gasteiger partial charge in [0.2, 0.25) is 0 Å². The highest BCUT2D eigenvalue weighted by Gasteiger charge is 2.31. The van der Waals surface area contributed by atoms with Crippen molar-refractivity contribution in [2.75, 3.05) is 5.32 Å². The van der Waals surface area contributed by atoms with E-state index >= 15 is 0 Å². The summed E-state index contributed by atoms with van der Waals surface area (Å²) in [6, 6.07) is 4.69. The largest absolute Gasteiger partial charge is 0.416 e. The molecule has 9 heteroatoms. The first-order valence-electron chi connectivity index (χ1n) is 6.52. The van der Waals surface area contributed by atoms with E-state index in [4.69, 9.17) is 11.6 Å². The lowest BCUT2D eigenvalue weighted by atomic mass is 10.2. The highest BCUT2D eigenvalue weighted by molar-refractivity contribution is 6.33. The van der Waals surface area contributed by atoms with E-state index in [1.807, 2.05) is 0 Å². The summed E-state index contributed by atoms with van der Waals surface area (Å²) in [5.74, 6) is -2.10. The standard InChI is InChI=1S/C15H10ClF5N2O/c16-10-3-2-9(15(19,20)21)6-13(10)23-14(24)22-7-8-1-4-11(17)12(18)5-8/h1-6H,7H2,(H2,22,23,24). The zero-order valence-electron chi connectivity index (χ0n) is 11.8. The number of carbonyl (C=O) groups is 1. The SMILES string of the molecule is O=C(NCc1ccc(F)c(F)c1)Nc1cc(C(F)(F)F)ccc1Cl. The fourth-order valence-corrected chi connectivity index (χ4v) is 1.96. The van der Waals surface area contributed by atoms with E-state index in [1.54, 1.807) is 0 Å². The summed E-state index contributed by atoms with van der Waals surface area (Å²) < 4.78 is 63.7. The normalized spacial score (nSPS) is 11.2. The second-order valence-corrected chi connectivity index (χ2v) is 5.16. The van der Waals surface area contributed by atoms with Crippen molar-refractivity contribution >= 4 is 23.3 Å². The predicted molar refractivity (Wildman–Crippen MR) is 78.7 cm³/mol. The molecule has 0 fully saturated rings. The fraction of sp³-hybridized carbons (Fsp3) is 0.133. The van der Waals surface area contributed by atoms with Gasteiger partial charge in [0, 0.05) is 6.54 Å². The molecular weight excluding hydrogens is 355 g/mol. The van der Waals surface area contributed by atoms with Gasteiger partial charge in [-0.2, -0.15) is 13.2 Å². The molecule has 0 radical (unpaired) electrons. The van der Waals surface area contributed by atoms with Crippen LogP contribution in [0.1, 0.15) is 11.1 Å². The van der Waals surface area contributed by atoms with Crippen molar-refractivity contribution in [3.05, 3.63) is 64.2 Å². The van der Waals surface area contributed by atoms with Gasteiger partial charge in [0.15, 0.2) is 11.6 Å². The highest BCUT2D eigenvalue weighted by Crippen LogP contribution is 2.33. The van der Waals surface area contributed by atoms with Gasteiger partial charge in [0.05, 0.1) is 16.3 Å². The Kier molecular flexibility index (Phi) is 5.28. The number of alkyl halides is 3.